The molecule has 0 saturated carbocycles. The summed E-state index contributed by atoms with van der Waals surface area (Å²) >= 11 is 4.74. The maximum absolute atomic E-state index is 5.00. The molecule has 0 bridgehead atoms. The normalized spacial score (nSPS) is 9.00. The van der Waals surface area contributed by atoms with Crippen molar-refractivity contribution in [3.63, 3.8) is 0 Å². The first-order chi connectivity index (χ1) is 4.81. The van der Waals surface area contributed by atoms with Crippen LogP contribution in [0.2, 0.25) is 0 Å². The molecule has 10 heavy (non-hydrogen) atoms. The van der Waals surface area contributed by atoms with Gasteiger partial charge in [-0.2, -0.15) is 0 Å². The first-order valence-electron chi connectivity index (χ1n) is 3.60. The van der Waals surface area contributed by atoms with E-state index in [-0.39, 0.29) is 5.24 Å². The Morgan fingerprint density at radius 3 is 1.80 bits per heavy atom. The van der Waals surface area contributed by atoms with E-state index in [0.29, 0.717) is 13.2 Å². The second-order valence-corrected chi connectivity index (χ2v) is 2.28. The van der Waals surface area contributed by atoms with Crippen LogP contribution in [0.3, 0.4) is 0 Å². The Morgan fingerprint density at radius 2 is 1.50 bits per heavy atom. The van der Waals surface area contributed by atoms with Gasteiger partial charge in [0.25, 0.3) is 0 Å². The minimum atomic E-state index is 0.281. The van der Waals surface area contributed by atoms with Gasteiger partial charge in [0.05, 0.1) is 13.2 Å². The highest BCUT2D eigenvalue weighted by Gasteiger charge is 1.94. The van der Waals surface area contributed by atoms with Gasteiger partial charge in [-0.1, -0.05) is 13.8 Å². The van der Waals surface area contributed by atoms with Crippen molar-refractivity contribution in [2.75, 3.05) is 13.2 Å². The molecule has 0 aliphatic rings. The molecule has 0 radical (unpaired) electrons. The molecule has 0 spiro atoms. The van der Waals surface area contributed by atoms with E-state index in [1.165, 1.54) is 0 Å². The summed E-state index contributed by atoms with van der Waals surface area (Å²) < 4.78 is 10.0. The zero-order valence-corrected chi connectivity index (χ0v) is 7.37. The Hall–Kier alpha value is -0.310. The first kappa shape index (κ1) is 9.69. The Labute approximate surface area is 67.5 Å². The smallest absolute Gasteiger partial charge is 0.352 e. The highest BCUT2D eigenvalue weighted by molar-refractivity contribution is 7.79. The summed E-state index contributed by atoms with van der Waals surface area (Å²) in [6.07, 6.45) is 1.94. The predicted molar refractivity (Wildman–Crippen MR) is 45.1 cm³/mol. The van der Waals surface area contributed by atoms with Crippen LogP contribution >= 0.6 is 12.2 Å². The lowest BCUT2D eigenvalue weighted by atomic mass is 10.5. The minimum Gasteiger partial charge on any atom is -0.457 e. The van der Waals surface area contributed by atoms with E-state index in [0.717, 1.165) is 12.8 Å². The molecule has 0 N–H and O–H groups in total. The van der Waals surface area contributed by atoms with Crippen LogP contribution in [0.25, 0.3) is 0 Å². The molecule has 0 rings (SSSR count). The molecule has 0 amide bonds. The molecule has 0 saturated heterocycles. The van der Waals surface area contributed by atoms with Gasteiger partial charge in [0.2, 0.25) is 0 Å². The fraction of sp³-hybridized carbons (Fsp3) is 0.857. The van der Waals surface area contributed by atoms with E-state index in [9.17, 15) is 0 Å². The minimum absolute atomic E-state index is 0.281. The summed E-state index contributed by atoms with van der Waals surface area (Å²) in [5.74, 6) is 0. The largest absolute Gasteiger partial charge is 0.457 e. The Morgan fingerprint density at radius 1 is 1.10 bits per heavy atom. The Balaban J connectivity index is 3.09. The molecule has 3 heteroatoms. The molecule has 60 valence electrons. The van der Waals surface area contributed by atoms with Crippen LogP contribution in [0.15, 0.2) is 0 Å². The van der Waals surface area contributed by atoms with Crippen molar-refractivity contribution in [1.82, 2.24) is 0 Å². The van der Waals surface area contributed by atoms with Crippen molar-refractivity contribution >= 4 is 17.5 Å². The number of thiocarbonyl (C=S) groups is 1. The molecule has 0 aliphatic heterocycles. The highest BCUT2D eigenvalue weighted by atomic mass is 32.1. The number of hydrogen-bond acceptors (Lipinski definition) is 3. The van der Waals surface area contributed by atoms with Crippen molar-refractivity contribution in [3.8, 4) is 0 Å². The van der Waals surface area contributed by atoms with E-state index >= 15 is 0 Å². The maximum atomic E-state index is 5.00. The molecule has 0 heterocycles. The molecule has 0 aromatic heterocycles. The number of rotatable bonds is 4. The lowest BCUT2D eigenvalue weighted by molar-refractivity contribution is 0.178. The maximum Gasteiger partial charge on any atom is 0.352 e. The second-order valence-electron chi connectivity index (χ2n) is 1.95. The number of ether oxygens (including phenoxy) is 2. The van der Waals surface area contributed by atoms with E-state index in [2.05, 4.69) is 0 Å². The molecule has 0 aromatic carbocycles. The third kappa shape index (κ3) is 5.82. The topological polar surface area (TPSA) is 18.5 Å². The summed E-state index contributed by atoms with van der Waals surface area (Å²) in [4.78, 5) is 0. The summed E-state index contributed by atoms with van der Waals surface area (Å²) in [7, 11) is 0. The summed E-state index contributed by atoms with van der Waals surface area (Å²) in [6.45, 7) is 5.37. The fourth-order valence-electron chi connectivity index (χ4n) is 0.412. The van der Waals surface area contributed by atoms with E-state index in [1.807, 2.05) is 13.8 Å². The first-order valence-corrected chi connectivity index (χ1v) is 4.01. The van der Waals surface area contributed by atoms with Gasteiger partial charge in [0.1, 0.15) is 0 Å². The van der Waals surface area contributed by atoms with Crippen molar-refractivity contribution < 1.29 is 9.47 Å². The van der Waals surface area contributed by atoms with Gasteiger partial charge in [-0.15, -0.1) is 0 Å². The standard InChI is InChI=1S/C7H14O2S/c1-3-5-8-7(10)9-6-4-2/h3-6H2,1-2H3. The molecule has 0 atom stereocenters. The quantitative estimate of drug-likeness (QED) is 0.590. The number of hydrogen-bond donors (Lipinski definition) is 0. The van der Waals surface area contributed by atoms with Gasteiger partial charge in [-0.25, -0.2) is 0 Å². The van der Waals surface area contributed by atoms with Crippen molar-refractivity contribution in [1.29, 1.82) is 0 Å². The van der Waals surface area contributed by atoms with Gasteiger partial charge in [0, 0.05) is 12.2 Å². The average molecular weight is 162 g/mol. The summed E-state index contributed by atoms with van der Waals surface area (Å²) in [5, 5.41) is 0.281. The Kier molecular flexibility index (Phi) is 6.59. The van der Waals surface area contributed by atoms with E-state index < -0.39 is 0 Å². The fourth-order valence-corrected chi connectivity index (χ4v) is 0.579. The van der Waals surface area contributed by atoms with Crippen LogP contribution < -0.4 is 0 Å². The predicted octanol–water partition coefficient (Wildman–Crippen LogP) is 2.12. The van der Waals surface area contributed by atoms with Crippen molar-refractivity contribution in [2.45, 2.75) is 26.7 Å². The summed E-state index contributed by atoms with van der Waals surface area (Å²) in [6, 6.07) is 0. The van der Waals surface area contributed by atoms with Gasteiger partial charge >= 0.3 is 5.24 Å². The summed E-state index contributed by atoms with van der Waals surface area (Å²) in [5.41, 5.74) is 0. The molecule has 0 unspecified atom stereocenters. The SMILES string of the molecule is CCCOC(=S)OCCC. The van der Waals surface area contributed by atoms with E-state index in [4.69, 9.17) is 21.7 Å². The van der Waals surface area contributed by atoms with Gasteiger partial charge < -0.3 is 9.47 Å². The second kappa shape index (κ2) is 6.81. The van der Waals surface area contributed by atoms with Crippen molar-refractivity contribution in [2.24, 2.45) is 0 Å². The molecular weight excluding hydrogens is 148 g/mol. The highest BCUT2D eigenvalue weighted by Crippen LogP contribution is 1.89. The van der Waals surface area contributed by atoms with Crippen molar-refractivity contribution in [3.05, 3.63) is 0 Å². The van der Waals surface area contributed by atoms with Crippen LogP contribution in [0.1, 0.15) is 26.7 Å². The zero-order valence-electron chi connectivity index (χ0n) is 6.55. The lowest BCUT2D eigenvalue weighted by Gasteiger charge is -2.05. The molecule has 0 fully saturated rings. The average Bonchev–Trinajstić information content (AvgIpc) is 1.97. The van der Waals surface area contributed by atoms with Crippen LogP contribution in [-0.4, -0.2) is 18.5 Å². The van der Waals surface area contributed by atoms with E-state index in [1.54, 1.807) is 0 Å². The van der Waals surface area contributed by atoms with Gasteiger partial charge in [-0.3, -0.25) is 0 Å². The molecule has 2 nitrogen and oxygen atoms in total. The zero-order chi connectivity index (χ0) is 7.82. The third-order valence-electron chi connectivity index (χ3n) is 0.848. The van der Waals surface area contributed by atoms with Crippen LogP contribution in [0.5, 0.6) is 0 Å². The Bertz CT molecular complexity index is 83.6. The monoisotopic (exact) mass is 162 g/mol. The van der Waals surface area contributed by atoms with Crippen LogP contribution in [0, 0.1) is 0 Å². The molecule has 0 aromatic rings. The lowest BCUT2D eigenvalue weighted by Crippen LogP contribution is -2.07. The molecule has 0 aliphatic carbocycles. The van der Waals surface area contributed by atoms with Gasteiger partial charge in [0.15, 0.2) is 0 Å². The third-order valence-corrected chi connectivity index (χ3v) is 1.08. The van der Waals surface area contributed by atoms with Crippen LogP contribution in [0.4, 0.5) is 0 Å². The van der Waals surface area contributed by atoms with Crippen LogP contribution in [-0.2, 0) is 9.47 Å². The molecular formula is C7H14O2S. The van der Waals surface area contributed by atoms with Gasteiger partial charge in [-0.05, 0) is 12.8 Å².